The van der Waals surface area contributed by atoms with Crippen LogP contribution in [0.1, 0.15) is 39.9 Å². The number of hydrogen-bond acceptors (Lipinski definition) is 3. The third-order valence-electron chi connectivity index (χ3n) is 5.68. The van der Waals surface area contributed by atoms with Crippen LogP contribution in [0.4, 0.5) is 4.79 Å². The minimum Gasteiger partial charge on any atom is -0.336 e. The lowest BCUT2D eigenvalue weighted by Gasteiger charge is -2.38. The number of nitrogens with one attached hydrogen (secondary N) is 1. The third-order valence-corrected chi connectivity index (χ3v) is 5.68. The van der Waals surface area contributed by atoms with Gasteiger partial charge in [-0.05, 0) is 44.4 Å². The van der Waals surface area contributed by atoms with Crippen molar-refractivity contribution in [2.45, 2.75) is 38.8 Å². The molecule has 150 valence electrons. The summed E-state index contributed by atoms with van der Waals surface area (Å²) >= 11 is 0. The first-order valence-corrected chi connectivity index (χ1v) is 9.94. The molecule has 2 aliphatic heterocycles. The molecule has 4 amide bonds. The molecular weight excluding hydrogens is 366 g/mol. The Bertz CT molecular complexity index is 952. The lowest BCUT2D eigenvalue weighted by molar-refractivity contribution is -0.133. The number of amides is 4. The van der Waals surface area contributed by atoms with Gasteiger partial charge >= 0.3 is 6.03 Å². The van der Waals surface area contributed by atoms with Gasteiger partial charge in [-0.1, -0.05) is 47.5 Å². The van der Waals surface area contributed by atoms with Crippen LogP contribution >= 0.6 is 0 Å². The van der Waals surface area contributed by atoms with E-state index in [0.29, 0.717) is 24.9 Å². The fourth-order valence-corrected chi connectivity index (χ4v) is 4.37. The molecule has 0 saturated carbocycles. The molecule has 1 spiro atoms. The molecule has 1 N–H and O–H groups in total. The van der Waals surface area contributed by atoms with E-state index >= 15 is 0 Å². The van der Waals surface area contributed by atoms with Gasteiger partial charge in [0, 0.05) is 12.1 Å². The van der Waals surface area contributed by atoms with Crippen molar-refractivity contribution in [1.29, 1.82) is 0 Å². The molecule has 6 heteroatoms. The van der Waals surface area contributed by atoms with E-state index in [4.69, 9.17) is 0 Å². The molecule has 0 bridgehead atoms. The third kappa shape index (κ3) is 3.62. The van der Waals surface area contributed by atoms with Crippen LogP contribution in [0.3, 0.4) is 0 Å². The second-order valence-corrected chi connectivity index (χ2v) is 8.10. The van der Waals surface area contributed by atoms with Gasteiger partial charge in [0.1, 0.15) is 5.54 Å². The number of carbonyl (C=O) groups excluding carboxylic acids is 3. The second-order valence-electron chi connectivity index (χ2n) is 8.10. The number of nitrogens with zero attached hydrogens (tertiary/aromatic N) is 2. The van der Waals surface area contributed by atoms with Crippen molar-refractivity contribution in [2.75, 3.05) is 13.1 Å². The molecule has 0 unspecified atom stereocenters. The Morgan fingerprint density at radius 3 is 2.45 bits per heavy atom. The molecule has 2 saturated heterocycles. The normalized spacial score (nSPS) is 21.6. The standard InChI is InChI=1S/C23H25N3O3/c1-16-11-17(2)13-19(12-16)20(27)25-10-6-9-23(15-25)21(28)26(22(29)24-23)14-18-7-4-3-5-8-18/h3-5,7-8,11-13H,6,9-10,14-15H2,1-2H3,(H,24,29)/t23-/m1/s1. The summed E-state index contributed by atoms with van der Waals surface area (Å²) in [7, 11) is 0. The van der Waals surface area contributed by atoms with Gasteiger partial charge in [-0.3, -0.25) is 14.5 Å². The van der Waals surface area contributed by atoms with E-state index in [1.807, 2.05) is 62.4 Å². The predicted molar refractivity (Wildman–Crippen MR) is 109 cm³/mol. The lowest BCUT2D eigenvalue weighted by atomic mass is 9.88. The van der Waals surface area contributed by atoms with Crippen LogP contribution in [0.25, 0.3) is 0 Å². The number of likely N-dealkylation sites (tertiary alicyclic amines) is 1. The molecule has 2 aromatic carbocycles. The Balaban J connectivity index is 1.54. The average Bonchev–Trinajstić information content (AvgIpc) is 2.91. The number of carbonyl (C=O) groups is 3. The highest BCUT2D eigenvalue weighted by Gasteiger charge is 2.53. The lowest BCUT2D eigenvalue weighted by Crippen LogP contribution is -2.59. The number of urea groups is 1. The molecule has 2 aliphatic rings. The summed E-state index contributed by atoms with van der Waals surface area (Å²) in [6, 6.07) is 14.8. The smallest absolute Gasteiger partial charge is 0.325 e. The molecule has 2 heterocycles. The van der Waals surface area contributed by atoms with Crippen LogP contribution in [0.2, 0.25) is 0 Å². The van der Waals surface area contributed by atoms with Crippen molar-refractivity contribution in [3.8, 4) is 0 Å². The van der Waals surface area contributed by atoms with Crippen molar-refractivity contribution in [1.82, 2.24) is 15.1 Å². The van der Waals surface area contributed by atoms with Crippen molar-refractivity contribution in [3.05, 3.63) is 70.8 Å². The first-order chi connectivity index (χ1) is 13.9. The summed E-state index contributed by atoms with van der Waals surface area (Å²) < 4.78 is 0. The van der Waals surface area contributed by atoms with Crippen LogP contribution in [0, 0.1) is 13.8 Å². The highest BCUT2D eigenvalue weighted by atomic mass is 16.2. The summed E-state index contributed by atoms with van der Waals surface area (Å²) in [5.74, 6) is -0.344. The topological polar surface area (TPSA) is 69.7 Å². The Labute approximate surface area is 170 Å². The predicted octanol–water partition coefficient (Wildman–Crippen LogP) is 3.03. The van der Waals surface area contributed by atoms with E-state index in [-0.39, 0.29) is 30.9 Å². The fourth-order valence-electron chi connectivity index (χ4n) is 4.37. The number of hydrogen-bond donors (Lipinski definition) is 1. The summed E-state index contributed by atoms with van der Waals surface area (Å²) in [5, 5.41) is 2.89. The van der Waals surface area contributed by atoms with Crippen molar-refractivity contribution < 1.29 is 14.4 Å². The maximum absolute atomic E-state index is 13.2. The largest absolute Gasteiger partial charge is 0.336 e. The SMILES string of the molecule is Cc1cc(C)cc(C(=O)N2CCC[C@]3(C2)NC(=O)N(Cc2ccccc2)C3=O)c1. The van der Waals surface area contributed by atoms with Gasteiger partial charge in [-0.15, -0.1) is 0 Å². The number of benzene rings is 2. The van der Waals surface area contributed by atoms with Gasteiger partial charge < -0.3 is 10.2 Å². The maximum atomic E-state index is 13.2. The van der Waals surface area contributed by atoms with Crippen LogP contribution in [-0.2, 0) is 11.3 Å². The maximum Gasteiger partial charge on any atom is 0.325 e. The molecule has 0 aliphatic carbocycles. The Kier molecular flexibility index (Phi) is 4.86. The zero-order chi connectivity index (χ0) is 20.6. The first kappa shape index (κ1) is 19.2. The number of piperidine rings is 1. The van der Waals surface area contributed by atoms with Gasteiger partial charge in [0.15, 0.2) is 0 Å². The molecule has 29 heavy (non-hydrogen) atoms. The first-order valence-electron chi connectivity index (χ1n) is 9.94. The number of rotatable bonds is 3. The van der Waals surface area contributed by atoms with Crippen molar-refractivity contribution in [2.24, 2.45) is 0 Å². The van der Waals surface area contributed by atoms with E-state index in [0.717, 1.165) is 16.7 Å². The van der Waals surface area contributed by atoms with Gasteiger partial charge in [-0.2, -0.15) is 0 Å². The minimum atomic E-state index is -1.03. The zero-order valence-corrected chi connectivity index (χ0v) is 16.8. The van der Waals surface area contributed by atoms with E-state index in [1.165, 1.54) is 4.90 Å². The van der Waals surface area contributed by atoms with Crippen LogP contribution in [-0.4, -0.2) is 46.3 Å². The van der Waals surface area contributed by atoms with Gasteiger partial charge in [0.05, 0.1) is 13.1 Å². The fraction of sp³-hybridized carbons (Fsp3) is 0.348. The van der Waals surface area contributed by atoms with Crippen LogP contribution in [0.15, 0.2) is 48.5 Å². The molecule has 0 aromatic heterocycles. The van der Waals surface area contributed by atoms with E-state index in [1.54, 1.807) is 4.90 Å². The summed E-state index contributed by atoms with van der Waals surface area (Å²) in [4.78, 5) is 41.9. The zero-order valence-electron chi connectivity index (χ0n) is 16.8. The Morgan fingerprint density at radius 1 is 1.07 bits per heavy atom. The number of imide groups is 1. The summed E-state index contributed by atoms with van der Waals surface area (Å²) in [6.45, 7) is 4.94. The molecule has 1 atom stereocenters. The highest BCUT2D eigenvalue weighted by Crippen LogP contribution is 2.30. The van der Waals surface area contributed by atoms with Gasteiger partial charge in [0.25, 0.3) is 11.8 Å². The van der Waals surface area contributed by atoms with Crippen LogP contribution < -0.4 is 5.32 Å². The Hall–Kier alpha value is -3.15. The van der Waals surface area contributed by atoms with Crippen molar-refractivity contribution >= 4 is 17.8 Å². The molecule has 4 rings (SSSR count). The number of aryl methyl sites for hydroxylation is 2. The molecule has 2 fully saturated rings. The average molecular weight is 391 g/mol. The van der Waals surface area contributed by atoms with Crippen LogP contribution in [0.5, 0.6) is 0 Å². The summed E-state index contributed by atoms with van der Waals surface area (Å²) in [5.41, 5.74) is 2.54. The molecule has 2 aromatic rings. The Morgan fingerprint density at radius 2 is 1.76 bits per heavy atom. The monoisotopic (exact) mass is 391 g/mol. The molecule has 0 radical (unpaired) electrons. The van der Waals surface area contributed by atoms with Crippen molar-refractivity contribution in [3.63, 3.8) is 0 Å². The summed E-state index contributed by atoms with van der Waals surface area (Å²) in [6.07, 6.45) is 1.21. The molecule has 6 nitrogen and oxygen atoms in total. The minimum absolute atomic E-state index is 0.0977. The van der Waals surface area contributed by atoms with Gasteiger partial charge in [0.2, 0.25) is 0 Å². The highest BCUT2D eigenvalue weighted by molar-refractivity contribution is 6.07. The molecular formula is C23H25N3O3. The van der Waals surface area contributed by atoms with Gasteiger partial charge in [-0.25, -0.2) is 4.79 Å². The van der Waals surface area contributed by atoms with E-state index in [2.05, 4.69) is 5.32 Å². The second kappa shape index (κ2) is 7.35. The quantitative estimate of drug-likeness (QED) is 0.818. The van der Waals surface area contributed by atoms with E-state index < -0.39 is 5.54 Å². The van der Waals surface area contributed by atoms with E-state index in [9.17, 15) is 14.4 Å².